The van der Waals surface area contributed by atoms with Crippen molar-refractivity contribution in [1.29, 1.82) is 0 Å². The highest BCUT2D eigenvalue weighted by atomic mass is 32.1. The topological polar surface area (TPSA) is 90.5 Å². The van der Waals surface area contributed by atoms with Gasteiger partial charge >= 0.3 is 18.0 Å². The fraction of sp³-hybridized carbons (Fsp3) is 0.500. The molecule has 0 aliphatic rings. The van der Waals surface area contributed by atoms with E-state index < -0.39 is 36.5 Å². The van der Waals surface area contributed by atoms with Crippen molar-refractivity contribution in [2.24, 2.45) is 0 Å². The van der Waals surface area contributed by atoms with E-state index in [4.69, 9.17) is 5.11 Å². The summed E-state index contributed by atoms with van der Waals surface area (Å²) in [6.45, 7) is 2.52. The van der Waals surface area contributed by atoms with Gasteiger partial charge in [0.1, 0.15) is 4.83 Å². The van der Waals surface area contributed by atoms with Crippen LogP contribution in [0.4, 0.5) is 18.0 Å². The second-order valence-electron chi connectivity index (χ2n) is 5.32. The summed E-state index contributed by atoms with van der Waals surface area (Å²) in [5.41, 5.74) is -1.34. The quantitative estimate of drug-likeness (QED) is 0.806. The predicted molar refractivity (Wildman–Crippen MR) is 84.7 cm³/mol. The van der Waals surface area contributed by atoms with Gasteiger partial charge in [0.05, 0.1) is 11.8 Å². The maximum atomic E-state index is 12.6. The van der Waals surface area contributed by atoms with E-state index in [1.165, 1.54) is 6.92 Å². The number of carbonyl (C=O) groups is 1. The highest BCUT2D eigenvalue weighted by Gasteiger charge is 2.29. The predicted octanol–water partition coefficient (Wildman–Crippen LogP) is 2.95. The maximum Gasteiger partial charge on any atom is 0.512 e. The highest BCUT2D eigenvalue weighted by molar-refractivity contribution is 7.20. The van der Waals surface area contributed by atoms with Crippen LogP contribution in [0.1, 0.15) is 25.3 Å². The zero-order valence-electron chi connectivity index (χ0n) is 13.3. The zero-order valence-corrected chi connectivity index (χ0v) is 14.2. The highest BCUT2D eigenvalue weighted by Crippen LogP contribution is 2.35. The van der Waals surface area contributed by atoms with Crippen molar-refractivity contribution in [2.45, 2.75) is 46.0 Å². The third kappa shape index (κ3) is 3.86. The van der Waals surface area contributed by atoms with Gasteiger partial charge in [-0.05, 0) is 13.3 Å². The van der Waals surface area contributed by atoms with Crippen LogP contribution in [0, 0.1) is 6.92 Å². The first-order valence-corrected chi connectivity index (χ1v) is 8.12. The van der Waals surface area contributed by atoms with Crippen molar-refractivity contribution in [2.75, 3.05) is 0 Å². The van der Waals surface area contributed by atoms with Crippen molar-refractivity contribution < 1.29 is 27.8 Å². The molecule has 2 aromatic rings. The lowest BCUT2D eigenvalue weighted by Crippen LogP contribution is -2.40. The second kappa shape index (κ2) is 6.90. The van der Waals surface area contributed by atoms with Gasteiger partial charge in [0.25, 0.3) is 5.56 Å². The van der Waals surface area contributed by atoms with Gasteiger partial charge in [-0.15, -0.1) is 0 Å². The van der Waals surface area contributed by atoms with Crippen LogP contribution in [0.15, 0.2) is 9.59 Å². The standard InChI is InChI=1S/C14H15F3N2O5S/c1-3-5-18-9(20)8-7(2)11(24-13(22)23)25-10(8)19(12(18)21)6-4-14(15,16)17/h3-6H2,1-2H3,(H,22,23). The first-order valence-electron chi connectivity index (χ1n) is 7.31. The summed E-state index contributed by atoms with van der Waals surface area (Å²) in [7, 11) is 0. The SMILES string of the molecule is CCCn1c(=O)c2c(C)c(OC(=O)O)sc2n(CCC(F)(F)F)c1=O. The Kier molecular flexibility index (Phi) is 5.26. The number of thiophene rings is 1. The first-order chi connectivity index (χ1) is 11.6. The van der Waals surface area contributed by atoms with Crippen LogP contribution in [0.25, 0.3) is 10.2 Å². The van der Waals surface area contributed by atoms with E-state index in [1.807, 2.05) is 0 Å². The number of aryl methyl sites for hydroxylation is 2. The van der Waals surface area contributed by atoms with Gasteiger partial charge < -0.3 is 9.84 Å². The van der Waals surface area contributed by atoms with Gasteiger partial charge in [0.15, 0.2) is 5.06 Å². The largest absolute Gasteiger partial charge is 0.512 e. The Morgan fingerprint density at radius 1 is 1.24 bits per heavy atom. The van der Waals surface area contributed by atoms with Crippen LogP contribution in [0.5, 0.6) is 5.06 Å². The van der Waals surface area contributed by atoms with Crippen molar-refractivity contribution in [3.63, 3.8) is 0 Å². The van der Waals surface area contributed by atoms with Crippen molar-refractivity contribution in [1.82, 2.24) is 9.13 Å². The number of ether oxygens (including phenoxy) is 1. The Labute approximate surface area is 142 Å². The van der Waals surface area contributed by atoms with Crippen LogP contribution in [-0.2, 0) is 13.1 Å². The molecule has 7 nitrogen and oxygen atoms in total. The van der Waals surface area contributed by atoms with E-state index in [9.17, 15) is 27.6 Å². The van der Waals surface area contributed by atoms with Crippen LogP contribution in [0.2, 0.25) is 0 Å². The summed E-state index contributed by atoms with van der Waals surface area (Å²) in [4.78, 5) is 35.7. The lowest BCUT2D eigenvalue weighted by Gasteiger charge is -2.12. The Balaban J connectivity index is 2.77. The van der Waals surface area contributed by atoms with Gasteiger partial charge in [0, 0.05) is 18.7 Å². The number of fused-ring (bicyclic) bond motifs is 1. The summed E-state index contributed by atoms with van der Waals surface area (Å²) in [5, 5.41) is 8.59. The Hall–Kier alpha value is -2.30. The number of hydrogen-bond donors (Lipinski definition) is 1. The average Bonchev–Trinajstić information content (AvgIpc) is 2.78. The minimum Gasteiger partial charge on any atom is -0.449 e. The molecule has 0 spiro atoms. The van der Waals surface area contributed by atoms with E-state index in [0.29, 0.717) is 17.8 Å². The first kappa shape index (κ1) is 19.0. The Bertz CT molecular complexity index is 926. The Morgan fingerprint density at radius 3 is 2.40 bits per heavy atom. The lowest BCUT2D eigenvalue weighted by molar-refractivity contribution is -0.136. The maximum absolute atomic E-state index is 12.6. The van der Waals surface area contributed by atoms with Gasteiger partial charge in [-0.3, -0.25) is 13.9 Å². The van der Waals surface area contributed by atoms with Gasteiger partial charge in [-0.25, -0.2) is 9.59 Å². The molecule has 0 saturated carbocycles. The average molecular weight is 380 g/mol. The number of halogens is 3. The molecular weight excluding hydrogens is 365 g/mol. The fourth-order valence-corrected chi connectivity index (χ4v) is 3.57. The molecule has 2 rings (SSSR count). The van der Waals surface area contributed by atoms with Crippen LogP contribution >= 0.6 is 11.3 Å². The molecule has 0 aliphatic heterocycles. The number of hydrogen-bond acceptors (Lipinski definition) is 5. The number of nitrogens with zero attached hydrogens (tertiary/aromatic N) is 2. The molecule has 0 unspecified atom stereocenters. The van der Waals surface area contributed by atoms with Crippen molar-refractivity contribution in [3.8, 4) is 5.06 Å². The van der Waals surface area contributed by atoms with Gasteiger partial charge in [0.2, 0.25) is 0 Å². The van der Waals surface area contributed by atoms with Gasteiger partial charge in [-0.2, -0.15) is 13.2 Å². The third-order valence-electron chi connectivity index (χ3n) is 3.50. The molecule has 0 aliphatic carbocycles. The minimum absolute atomic E-state index is 0.00326. The lowest BCUT2D eigenvalue weighted by atomic mass is 10.2. The summed E-state index contributed by atoms with van der Waals surface area (Å²) in [5.74, 6) is 0. The molecule has 0 radical (unpaired) electrons. The molecule has 0 fully saturated rings. The molecule has 0 atom stereocenters. The Morgan fingerprint density at radius 2 is 1.88 bits per heavy atom. The number of alkyl halides is 3. The summed E-state index contributed by atoms with van der Waals surface area (Å²) < 4.78 is 44.0. The summed E-state index contributed by atoms with van der Waals surface area (Å²) in [6.07, 6.45) is -6.92. The molecule has 0 bridgehead atoms. The second-order valence-corrected chi connectivity index (χ2v) is 6.28. The van der Waals surface area contributed by atoms with E-state index in [2.05, 4.69) is 4.74 Å². The van der Waals surface area contributed by atoms with E-state index in [-0.39, 0.29) is 27.4 Å². The van der Waals surface area contributed by atoms with Gasteiger partial charge in [-0.1, -0.05) is 18.3 Å². The van der Waals surface area contributed by atoms with Crippen LogP contribution in [0.3, 0.4) is 0 Å². The smallest absolute Gasteiger partial charge is 0.449 e. The molecule has 0 saturated heterocycles. The fourth-order valence-electron chi connectivity index (χ4n) is 2.41. The summed E-state index contributed by atoms with van der Waals surface area (Å²) in [6, 6.07) is 0. The normalized spacial score (nSPS) is 11.9. The van der Waals surface area contributed by atoms with Crippen molar-refractivity contribution >= 4 is 27.7 Å². The number of aromatic nitrogens is 2. The van der Waals surface area contributed by atoms with E-state index in [1.54, 1.807) is 6.92 Å². The molecule has 2 heterocycles. The minimum atomic E-state index is -4.48. The van der Waals surface area contributed by atoms with Crippen LogP contribution < -0.4 is 16.0 Å². The summed E-state index contributed by atoms with van der Waals surface area (Å²) >= 11 is 0.664. The number of carboxylic acid groups (broad SMARTS) is 1. The molecular formula is C14H15F3N2O5S. The van der Waals surface area contributed by atoms with E-state index >= 15 is 0 Å². The molecule has 2 aromatic heterocycles. The molecule has 11 heteroatoms. The molecule has 138 valence electrons. The zero-order chi connectivity index (χ0) is 18.9. The van der Waals surface area contributed by atoms with E-state index in [0.717, 1.165) is 9.13 Å². The third-order valence-corrected chi connectivity index (χ3v) is 4.69. The monoisotopic (exact) mass is 380 g/mol. The van der Waals surface area contributed by atoms with Crippen molar-refractivity contribution in [3.05, 3.63) is 26.4 Å². The molecule has 0 amide bonds. The number of rotatable bonds is 5. The van der Waals surface area contributed by atoms with Crippen LogP contribution in [-0.4, -0.2) is 26.6 Å². The molecule has 25 heavy (non-hydrogen) atoms. The molecule has 1 N–H and O–H groups in total. The molecule has 0 aromatic carbocycles.